The molecule has 5 rings (SSSR count). The summed E-state index contributed by atoms with van der Waals surface area (Å²) >= 11 is 1.36. The number of fused-ring (bicyclic) bond motifs is 1. The predicted molar refractivity (Wildman–Crippen MR) is 146 cm³/mol. The number of thiazole rings is 1. The third-order valence-corrected chi connectivity index (χ3v) is 8.52. The summed E-state index contributed by atoms with van der Waals surface area (Å²) in [5.74, 6) is 0.786. The molecule has 36 heavy (non-hydrogen) atoms. The van der Waals surface area contributed by atoms with Gasteiger partial charge >= 0.3 is 0 Å². The number of sulfonamides is 1. The highest BCUT2D eigenvalue weighted by Crippen LogP contribution is 2.35. The van der Waals surface area contributed by atoms with Gasteiger partial charge in [0.2, 0.25) is 10.0 Å². The van der Waals surface area contributed by atoms with E-state index in [1.165, 1.54) is 27.5 Å². The summed E-state index contributed by atoms with van der Waals surface area (Å²) < 4.78 is 25.2. The van der Waals surface area contributed by atoms with Crippen LogP contribution in [0.25, 0.3) is 21.6 Å². The Hall–Kier alpha value is -3.12. The Morgan fingerprint density at radius 2 is 1.78 bits per heavy atom. The summed E-state index contributed by atoms with van der Waals surface area (Å²) in [7, 11) is -1.15. The van der Waals surface area contributed by atoms with Gasteiger partial charge in [0.1, 0.15) is 16.2 Å². The molecule has 0 bridgehead atoms. The Balaban J connectivity index is 1.45. The van der Waals surface area contributed by atoms with Crippen LogP contribution < -0.4 is 10.6 Å². The zero-order valence-electron chi connectivity index (χ0n) is 20.5. The fourth-order valence-electron chi connectivity index (χ4n) is 4.38. The Kier molecular flexibility index (Phi) is 6.64. The van der Waals surface area contributed by atoms with Gasteiger partial charge in [-0.1, -0.05) is 29.0 Å². The summed E-state index contributed by atoms with van der Waals surface area (Å²) in [4.78, 5) is 19.1. The fourth-order valence-corrected chi connectivity index (χ4v) is 5.93. The topological polar surface area (TPSA) is 109 Å². The highest BCUT2D eigenvalue weighted by molar-refractivity contribution is 7.88. The maximum Gasteiger partial charge on any atom is 0.211 e. The first-order chi connectivity index (χ1) is 17.2. The number of aryl methyl sites for hydroxylation is 1. The van der Waals surface area contributed by atoms with Gasteiger partial charge < -0.3 is 10.6 Å². The zero-order valence-corrected chi connectivity index (χ0v) is 22.2. The van der Waals surface area contributed by atoms with Crippen molar-refractivity contribution in [1.82, 2.24) is 24.2 Å². The van der Waals surface area contributed by atoms with E-state index < -0.39 is 10.0 Å². The molecule has 1 aromatic carbocycles. The van der Waals surface area contributed by atoms with E-state index in [1.807, 2.05) is 30.3 Å². The maximum absolute atomic E-state index is 11.8. The van der Waals surface area contributed by atoms with Gasteiger partial charge in [-0.05, 0) is 42.8 Å². The van der Waals surface area contributed by atoms with Gasteiger partial charge in [-0.2, -0.15) is 4.31 Å². The minimum absolute atomic E-state index is 0.466. The summed E-state index contributed by atoms with van der Waals surface area (Å²) in [5, 5.41) is 0.466. The van der Waals surface area contributed by atoms with Gasteiger partial charge in [0, 0.05) is 57.2 Å². The third kappa shape index (κ3) is 5.19. The number of aromatic nitrogens is 3. The zero-order chi connectivity index (χ0) is 25.4. The van der Waals surface area contributed by atoms with Crippen molar-refractivity contribution in [3.8, 4) is 11.3 Å². The summed E-state index contributed by atoms with van der Waals surface area (Å²) in [5.41, 5.74) is 11.8. The minimum atomic E-state index is -3.15. The lowest BCUT2D eigenvalue weighted by Crippen LogP contribution is -2.47. The third-order valence-electron chi connectivity index (χ3n) is 6.44. The molecule has 0 saturated carbocycles. The van der Waals surface area contributed by atoms with Crippen LogP contribution in [0.3, 0.4) is 0 Å². The number of pyridine rings is 2. The Morgan fingerprint density at radius 1 is 1.06 bits per heavy atom. The van der Waals surface area contributed by atoms with Gasteiger partial charge in [-0.25, -0.2) is 18.4 Å². The molecule has 0 aliphatic carbocycles. The minimum Gasteiger partial charge on any atom is -0.375 e. The number of benzene rings is 1. The van der Waals surface area contributed by atoms with Crippen molar-refractivity contribution >= 4 is 48.3 Å². The van der Waals surface area contributed by atoms with Crippen LogP contribution in [0.15, 0.2) is 48.7 Å². The van der Waals surface area contributed by atoms with E-state index in [0.29, 0.717) is 31.3 Å². The lowest BCUT2D eigenvalue weighted by atomic mass is 10.1. The standard InChI is InChI=1S/C25H29N7O2S2/c1-17-4-6-19(7-5-17)30(2)22-15-20(23-24(28-22)35-25(26)29-23)21-14-18(8-9-27-21)16-31-10-12-32(13-11-31)36(3,33)34/h4-9,14-15H,10-13,16H2,1-3H3,(H2,26,29). The van der Waals surface area contributed by atoms with Gasteiger partial charge in [-0.15, -0.1) is 0 Å². The smallest absolute Gasteiger partial charge is 0.211 e. The largest absolute Gasteiger partial charge is 0.375 e. The number of hydrogen-bond donors (Lipinski definition) is 1. The molecule has 1 saturated heterocycles. The molecule has 0 spiro atoms. The normalized spacial score (nSPS) is 15.4. The highest BCUT2D eigenvalue weighted by atomic mass is 32.2. The number of nitrogen functional groups attached to an aromatic ring is 1. The highest BCUT2D eigenvalue weighted by Gasteiger charge is 2.23. The van der Waals surface area contributed by atoms with Crippen LogP contribution in [0.5, 0.6) is 0 Å². The van der Waals surface area contributed by atoms with Crippen molar-refractivity contribution in [2.45, 2.75) is 13.5 Å². The van der Waals surface area contributed by atoms with E-state index in [1.54, 1.807) is 0 Å². The van der Waals surface area contributed by atoms with Crippen LogP contribution in [0, 0.1) is 6.92 Å². The van der Waals surface area contributed by atoms with Crippen LogP contribution >= 0.6 is 11.3 Å². The lowest BCUT2D eigenvalue weighted by molar-refractivity contribution is 0.182. The average molecular weight is 524 g/mol. The van der Waals surface area contributed by atoms with Crippen LogP contribution in [0.1, 0.15) is 11.1 Å². The summed E-state index contributed by atoms with van der Waals surface area (Å²) in [6, 6.07) is 14.4. The second-order valence-corrected chi connectivity index (χ2v) is 12.1. The molecule has 4 heterocycles. The van der Waals surface area contributed by atoms with Crippen LogP contribution in [0.2, 0.25) is 0 Å². The van der Waals surface area contributed by atoms with Crippen molar-refractivity contribution < 1.29 is 8.42 Å². The van der Waals surface area contributed by atoms with Gasteiger partial charge in [0.05, 0.1) is 11.9 Å². The van der Waals surface area contributed by atoms with Crippen LogP contribution in [0.4, 0.5) is 16.6 Å². The number of piperazine rings is 1. The molecular formula is C25H29N7O2S2. The molecule has 0 radical (unpaired) electrons. The lowest BCUT2D eigenvalue weighted by Gasteiger charge is -2.33. The molecular weight excluding hydrogens is 494 g/mol. The van der Waals surface area contributed by atoms with Crippen molar-refractivity contribution in [3.63, 3.8) is 0 Å². The fraction of sp³-hybridized carbons (Fsp3) is 0.320. The molecule has 0 amide bonds. The van der Waals surface area contributed by atoms with E-state index >= 15 is 0 Å². The summed E-state index contributed by atoms with van der Waals surface area (Å²) in [6.07, 6.45) is 3.08. The predicted octanol–water partition coefficient (Wildman–Crippen LogP) is 3.49. The Bertz CT molecular complexity index is 1490. The molecule has 11 heteroatoms. The van der Waals surface area contributed by atoms with Crippen LogP contribution in [-0.4, -0.2) is 72.1 Å². The molecule has 0 unspecified atom stereocenters. The number of rotatable bonds is 6. The van der Waals surface area contributed by atoms with Crippen LogP contribution in [-0.2, 0) is 16.6 Å². The van der Waals surface area contributed by atoms with Crippen molar-refractivity contribution in [2.75, 3.05) is 50.1 Å². The van der Waals surface area contributed by atoms with Crippen molar-refractivity contribution in [1.29, 1.82) is 0 Å². The molecule has 3 aromatic heterocycles. The van der Waals surface area contributed by atoms with E-state index in [4.69, 9.17) is 10.7 Å². The van der Waals surface area contributed by atoms with Crippen molar-refractivity contribution in [2.24, 2.45) is 0 Å². The molecule has 1 aliphatic rings. The second-order valence-electron chi connectivity index (χ2n) is 9.12. The average Bonchev–Trinajstić information content (AvgIpc) is 3.23. The Morgan fingerprint density at radius 3 is 2.47 bits per heavy atom. The second kappa shape index (κ2) is 9.74. The van der Waals surface area contributed by atoms with Gasteiger partial charge in [0.25, 0.3) is 0 Å². The molecule has 9 nitrogen and oxygen atoms in total. The monoisotopic (exact) mass is 523 g/mol. The number of hydrogen-bond acceptors (Lipinski definition) is 9. The van der Waals surface area contributed by atoms with Gasteiger partial charge in [-0.3, -0.25) is 9.88 Å². The molecule has 1 fully saturated rings. The first kappa shape index (κ1) is 24.6. The number of anilines is 3. The maximum atomic E-state index is 11.8. The summed E-state index contributed by atoms with van der Waals surface area (Å²) in [6.45, 7) is 5.19. The van der Waals surface area contributed by atoms with E-state index in [9.17, 15) is 8.42 Å². The molecule has 188 valence electrons. The quantitative estimate of drug-likeness (QED) is 0.409. The van der Waals surface area contributed by atoms with E-state index in [2.05, 4.69) is 52.1 Å². The SMILES string of the molecule is Cc1ccc(N(C)c2cc(-c3cc(CN4CCN(S(C)(=O)=O)CC4)ccn3)c3nc(N)sc3n2)cc1. The number of nitrogens with zero attached hydrogens (tertiary/aromatic N) is 6. The Labute approximate surface area is 215 Å². The van der Waals surface area contributed by atoms with E-state index in [-0.39, 0.29) is 0 Å². The molecule has 0 atom stereocenters. The first-order valence-electron chi connectivity index (χ1n) is 11.7. The number of nitrogens with two attached hydrogens (primary N) is 1. The molecule has 4 aromatic rings. The van der Waals surface area contributed by atoms with Gasteiger partial charge in [0.15, 0.2) is 5.13 Å². The molecule has 1 aliphatic heterocycles. The molecule has 2 N–H and O–H groups in total. The van der Waals surface area contributed by atoms with Crippen molar-refractivity contribution in [3.05, 3.63) is 59.8 Å². The first-order valence-corrected chi connectivity index (χ1v) is 14.3. The van der Waals surface area contributed by atoms with E-state index in [0.717, 1.165) is 45.2 Å².